The number of aryl methyl sites for hydroxylation is 3. The first-order valence-electron chi connectivity index (χ1n) is 10.9. The van der Waals surface area contributed by atoms with Crippen LogP contribution in [0.2, 0.25) is 0 Å². The zero-order chi connectivity index (χ0) is 22.4. The molecule has 0 saturated carbocycles. The molecule has 164 valence electrons. The van der Waals surface area contributed by atoms with Gasteiger partial charge in [0.05, 0.1) is 0 Å². The van der Waals surface area contributed by atoms with Crippen molar-refractivity contribution in [1.29, 1.82) is 0 Å². The molecule has 7 heteroatoms. The molecule has 4 aromatic rings. The van der Waals surface area contributed by atoms with E-state index in [0.717, 1.165) is 35.2 Å². The van der Waals surface area contributed by atoms with E-state index in [1.807, 2.05) is 26.0 Å². The fraction of sp³-hybridized carbons (Fsp3) is 0.320. The molecule has 0 unspecified atom stereocenters. The smallest absolute Gasteiger partial charge is 0.311 e. The molecule has 1 amide bonds. The van der Waals surface area contributed by atoms with Crippen LogP contribution in [-0.2, 0) is 0 Å². The van der Waals surface area contributed by atoms with Gasteiger partial charge in [-0.05, 0) is 57.0 Å². The molecule has 7 nitrogen and oxygen atoms in total. The molecule has 0 radical (unpaired) electrons. The Labute approximate surface area is 186 Å². The van der Waals surface area contributed by atoms with Gasteiger partial charge >= 0.3 is 11.8 Å². The lowest BCUT2D eigenvalue weighted by Crippen LogP contribution is -2.49. The summed E-state index contributed by atoms with van der Waals surface area (Å²) in [6.45, 7) is 11.0. The van der Waals surface area contributed by atoms with Crippen molar-refractivity contribution in [3.63, 3.8) is 0 Å². The molecular formula is C25H26N4O3. The lowest BCUT2D eigenvalue weighted by Gasteiger charge is -2.36. The summed E-state index contributed by atoms with van der Waals surface area (Å²) in [5.41, 5.74) is 6.62. The van der Waals surface area contributed by atoms with Crippen LogP contribution in [0.25, 0.3) is 22.6 Å². The second-order valence-corrected chi connectivity index (χ2v) is 8.47. The zero-order valence-electron chi connectivity index (χ0n) is 18.8. The number of hydrogen-bond donors (Lipinski definition) is 0. The van der Waals surface area contributed by atoms with Crippen LogP contribution < -0.4 is 4.90 Å². The Morgan fingerprint density at radius 3 is 2.47 bits per heavy atom. The lowest BCUT2D eigenvalue weighted by atomic mass is 10.1. The maximum atomic E-state index is 13.0. The Morgan fingerprint density at radius 1 is 0.906 bits per heavy atom. The van der Waals surface area contributed by atoms with Gasteiger partial charge in [-0.2, -0.15) is 0 Å². The van der Waals surface area contributed by atoms with Crippen molar-refractivity contribution in [2.24, 2.45) is 0 Å². The molecule has 0 spiro atoms. The molecule has 0 N–H and O–H groups in total. The fourth-order valence-electron chi connectivity index (χ4n) is 4.30. The van der Waals surface area contributed by atoms with Gasteiger partial charge in [-0.1, -0.05) is 23.8 Å². The van der Waals surface area contributed by atoms with Gasteiger partial charge in [0.2, 0.25) is 0 Å². The first-order valence-corrected chi connectivity index (χ1v) is 10.9. The van der Waals surface area contributed by atoms with E-state index in [-0.39, 0.29) is 17.7 Å². The number of aromatic nitrogens is 2. The van der Waals surface area contributed by atoms with Gasteiger partial charge in [0.25, 0.3) is 5.89 Å². The molecule has 5 rings (SSSR count). The molecule has 0 atom stereocenters. The number of nitrogens with zero attached hydrogens (tertiary/aromatic N) is 4. The number of carbonyl (C=O) groups excluding carboxylic acids is 1. The number of benzene rings is 2. The summed E-state index contributed by atoms with van der Waals surface area (Å²) in [7, 11) is 0. The van der Waals surface area contributed by atoms with Crippen LogP contribution in [0.4, 0.5) is 5.69 Å². The largest absolute Gasteiger partial charge is 0.451 e. The fourth-order valence-corrected chi connectivity index (χ4v) is 4.30. The van der Waals surface area contributed by atoms with Crippen molar-refractivity contribution in [2.45, 2.75) is 27.7 Å². The highest BCUT2D eigenvalue weighted by molar-refractivity contribution is 5.90. The van der Waals surface area contributed by atoms with E-state index < -0.39 is 0 Å². The van der Waals surface area contributed by atoms with E-state index >= 15 is 0 Å². The summed E-state index contributed by atoms with van der Waals surface area (Å²) in [6.07, 6.45) is 0. The van der Waals surface area contributed by atoms with E-state index in [1.165, 1.54) is 16.8 Å². The average Bonchev–Trinajstić information content (AvgIpc) is 3.40. The SMILES string of the molecule is Cc1ccc2oc(-c3nnc(C(=O)N4CCN(c5cccc(C)c5C)CC4)o3)c(C)c2c1. The quantitative estimate of drug-likeness (QED) is 0.470. The Balaban J connectivity index is 1.32. The zero-order valence-corrected chi connectivity index (χ0v) is 18.8. The van der Waals surface area contributed by atoms with Crippen LogP contribution in [-0.4, -0.2) is 47.2 Å². The molecule has 1 aliphatic rings. The second kappa shape index (κ2) is 7.82. The summed E-state index contributed by atoms with van der Waals surface area (Å²) in [5.74, 6) is 0.496. The first kappa shape index (κ1) is 20.3. The maximum absolute atomic E-state index is 13.0. The number of hydrogen-bond acceptors (Lipinski definition) is 6. The van der Waals surface area contributed by atoms with Gasteiger partial charge in [-0.15, -0.1) is 10.2 Å². The topological polar surface area (TPSA) is 75.6 Å². The molecule has 1 fully saturated rings. The molecule has 2 aromatic heterocycles. The minimum absolute atomic E-state index is 0.00350. The lowest BCUT2D eigenvalue weighted by molar-refractivity contribution is 0.0707. The Bertz CT molecular complexity index is 1310. The highest BCUT2D eigenvalue weighted by Gasteiger charge is 2.28. The van der Waals surface area contributed by atoms with Gasteiger partial charge in [0.1, 0.15) is 5.58 Å². The monoisotopic (exact) mass is 430 g/mol. The van der Waals surface area contributed by atoms with Crippen LogP contribution in [0.3, 0.4) is 0 Å². The van der Waals surface area contributed by atoms with E-state index in [2.05, 4.69) is 53.2 Å². The van der Waals surface area contributed by atoms with Crippen molar-refractivity contribution in [3.8, 4) is 11.7 Å². The normalized spacial score (nSPS) is 14.4. The predicted octanol–water partition coefficient (Wildman–Crippen LogP) is 4.68. The summed E-state index contributed by atoms with van der Waals surface area (Å²) in [5, 5.41) is 9.12. The summed E-state index contributed by atoms with van der Waals surface area (Å²) >= 11 is 0. The van der Waals surface area contributed by atoms with Gasteiger partial charge < -0.3 is 18.6 Å². The average molecular weight is 431 g/mol. The van der Waals surface area contributed by atoms with Crippen molar-refractivity contribution in [1.82, 2.24) is 15.1 Å². The summed E-state index contributed by atoms with van der Waals surface area (Å²) in [4.78, 5) is 17.1. The van der Waals surface area contributed by atoms with E-state index in [0.29, 0.717) is 18.8 Å². The van der Waals surface area contributed by atoms with Gasteiger partial charge in [0, 0.05) is 42.8 Å². The second-order valence-electron chi connectivity index (χ2n) is 8.47. The number of rotatable bonds is 3. The van der Waals surface area contributed by atoms with Gasteiger partial charge in [-0.25, -0.2) is 0 Å². The van der Waals surface area contributed by atoms with Crippen molar-refractivity contribution in [2.75, 3.05) is 31.1 Å². The molecule has 0 bridgehead atoms. The molecule has 32 heavy (non-hydrogen) atoms. The Hall–Kier alpha value is -3.61. The third-order valence-corrected chi connectivity index (χ3v) is 6.38. The highest BCUT2D eigenvalue weighted by Crippen LogP contribution is 2.33. The number of furan rings is 1. The van der Waals surface area contributed by atoms with Crippen LogP contribution in [0.1, 0.15) is 32.9 Å². The van der Waals surface area contributed by atoms with Crippen LogP contribution in [0.15, 0.2) is 45.2 Å². The first-order chi connectivity index (χ1) is 15.4. The summed E-state index contributed by atoms with van der Waals surface area (Å²) in [6, 6.07) is 12.3. The van der Waals surface area contributed by atoms with Gasteiger partial charge in [0.15, 0.2) is 5.76 Å². The van der Waals surface area contributed by atoms with Crippen molar-refractivity contribution in [3.05, 3.63) is 64.5 Å². The Kier molecular flexibility index (Phi) is 4.96. The van der Waals surface area contributed by atoms with Crippen LogP contribution in [0.5, 0.6) is 0 Å². The van der Waals surface area contributed by atoms with Crippen molar-refractivity contribution >= 4 is 22.6 Å². The van der Waals surface area contributed by atoms with Gasteiger partial charge in [-0.3, -0.25) is 4.79 Å². The summed E-state index contributed by atoms with van der Waals surface area (Å²) < 4.78 is 11.7. The third kappa shape index (κ3) is 3.43. The van der Waals surface area contributed by atoms with Crippen LogP contribution in [0, 0.1) is 27.7 Å². The third-order valence-electron chi connectivity index (χ3n) is 6.38. The molecular weight excluding hydrogens is 404 g/mol. The van der Waals surface area contributed by atoms with E-state index in [4.69, 9.17) is 8.83 Å². The number of fused-ring (bicyclic) bond motifs is 1. The molecule has 1 aliphatic heterocycles. The molecule has 1 saturated heterocycles. The maximum Gasteiger partial charge on any atom is 0.311 e. The number of amides is 1. The minimum Gasteiger partial charge on any atom is -0.451 e. The molecule has 0 aliphatic carbocycles. The molecule has 2 aromatic carbocycles. The number of piperazine rings is 1. The van der Waals surface area contributed by atoms with Crippen LogP contribution >= 0.6 is 0 Å². The minimum atomic E-state index is -0.242. The van der Waals surface area contributed by atoms with Crippen molar-refractivity contribution < 1.29 is 13.6 Å². The standard InChI is InChI=1S/C25H26N4O3/c1-15-8-9-21-19(14-15)18(4)22(31-21)23-26-27-24(32-23)25(30)29-12-10-28(11-13-29)20-7-5-6-16(2)17(20)3/h5-9,14H,10-13H2,1-4H3. The number of carbonyl (C=O) groups is 1. The van der Waals surface area contributed by atoms with E-state index in [1.54, 1.807) is 4.90 Å². The number of anilines is 1. The molecule has 3 heterocycles. The predicted molar refractivity (Wildman–Crippen MR) is 123 cm³/mol. The highest BCUT2D eigenvalue weighted by atomic mass is 16.4. The Morgan fingerprint density at radius 2 is 1.69 bits per heavy atom. The van der Waals surface area contributed by atoms with E-state index in [9.17, 15) is 4.79 Å².